The van der Waals surface area contributed by atoms with E-state index in [4.69, 9.17) is 9.47 Å². The first-order valence-corrected chi connectivity index (χ1v) is 7.35. The SMILES string of the molecule is COc1ccc(-c2ccccc2OC)cc1CNC1CC1. The molecule has 0 aromatic heterocycles. The van der Waals surface area contributed by atoms with Crippen LogP contribution in [0.3, 0.4) is 0 Å². The Morgan fingerprint density at radius 2 is 1.76 bits per heavy atom. The molecule has 3 heteroatoms. The second-order valence-corrected chi connectivity index (χ2v) is 5.38. The molecule has 2 aromatic carbocycles. The maximum atomic E-state index is 5.47. The van der Waals surface area contributed by atoms with Gasteiger partial charge in [-0.3, -0.25) is 0 Å². The van der Waals surface area contributed by atoms with Crippen molar-refractivity contribution >= 4 is 0 Å². The number of methoxy groups -OCH3 is 2. The van der Waals surface area contributed by atoms with Gasteiger partial charge in [-0.2, -0.15) is 0 Å². The van der Waals surface area contributed by atoms with Crippen LogP contribution in [0.15, 0.2) is 42.5 Å². The maximum absolute atomic E-state index is 5.47. The number of hydrogen-bond donors (Lipinski definition) is 1. The molecule has 0 saturated heterocycles. The Hall–Kier alpha value is -2.00. The van der Waals surface area contributed by atoms with E-state index in [0.29, 0.717) is 6.04 Å². The van der Waals surface area contributed by atoms with Crippen LogP contribution in [0.2, 0.25) is 0 Å². The van der Waals surface area contributed by atoms with Crippen molar-refractivity contribution in [2.24, 2.45) is 0 Å². The number of rotatable bonds is 6. The topological polar surface area (TPSA) is 30.5 Å². The fourth-order valence-electron chi connectivity index (χ4n) is 2.51. The summed E-state index contributed by atoms with van der Waals surface area (Å²) >= 11 is 0. The predicted molar refractivity (Wildman–Crippen MR) is 84.8 cm³/mol. The average molecular weight is 283 g/mol. The first kappa shape index (κ1) is 14.0. The van der Waals surface area contributed by atoms with Gasteiger partial charge in [0.1, 0.15) is 11.5 Å². The number of ether oxygens (including phenoxy) is 2. The summed E-state index contributed by atoms with van der Waals surface area (Å²) in [6.07, 6.45) is 2.57. The third-order valence-corrected chi connectivity index (χ3v) is 3.86. The molecule has 3 rings (SSSR count). The molecular formula is C18H21NO2. The van der Waals surface area contributed by atoms with E-state index in [1.54, 1.807) is 14.2 Å². The van der Waals surface area contributed by atoms with Crippen LogP contribution in [0, 0.1) is 0 Å². The molecule has 1 fully saturated rings. The zero-order chi connectivity index (χ0) is 14.7. The van der Waals surface area contributed by atoms with Crippen LogP contribution < -0.4 is 14.8 Å². The van der Waals surface area contributed by atoms with Gasteiger partial charge in [-0.25, -0.2) is 0 Å². The Morgan fingerprint density at radius 1 is 1.00 bits per heavy atom. The monoisotopic (exact) mass is 283 g/mol. The lowest BCUT2D eigenvalue weighted by Gasteiger charge is -2.13. The predicted octanol–water partition coefficient (Wildman–Crippen LogP) is 3.62. The zero-order valence-corrected chi connectivity index (χ0v) is 12.6. The summed E-state index contributed by atoms with van der Waals surface area (Å²) in [6, 6.07) is 15.1. The molecule has 0 heterocycles. The Bertz CT molecular complexity index is 620. The van der Waals surface area contributed by atoms with E-state index in [1.807, 2.05) is 24.3 Å². The van der Waals surface area contributed by atoms with Crippen LogP contribution in [0.4, 0.5) is 0 Å². The van der Waals surface area contributed by atoms with Crippen LogP contribution in [-0.4, -0.2) is 20.3 Å². The highest BCUT2D eigenvalue weighted by Crippen LogP contribution is 2.33. The Labute approximate surface area is 125 Å². The van der Waals surface area contributed by atoms with E-state index < -0.39 is 0 Å². The Morgan fingerprint density at radius 3 is 2.48 bits per heavy atom. The van der Waals surface area contributed by atoms with E-state index >= 15 is 0 Å². The normalized spacial score (nSPS) is 14.0. The molecule has 0 radical (unpaired) electrons. The molecule has 0 spiro atoms. The van der Waals surface area contributed by atoms with Gasteiger partial charge < -0.3 is 14.8 Å². The molecule has 0 aliphatic heterocycles. The van der Waals surface area contributed by atoms with Gasteiger partial charge in [0.05, 0.1) is 14.2 Å². The lowest BCUT2D eigenvalue weighted by molar-refractivity contribution is 0.407. The first-order valence-electron chi connectivity index (χ1n) is 7.35. The van der Waals surface area contributed by atoms with Crippen LogP contribution in [0.25, 0.3) is 11.1 Å². The molecule has 1 N–H and O–H groups in total. The molecule has 1 saturated carbocycles. The smallest absolute Gasteiger partial charge is 0.126 e. The van der Waals surface area contributed by atoms with Crippen molar-refractivity contribution in [1.82, 2.24) is 5.32 Å². The van der Waals surface area contributed by atoms with E-state index in [0.717, 1.165) is 29.2 Å². The van der Waals surface area contributed by atoms with Gasteiger partial charge in [-0.05, 0) is 36.6 Å². The van der Waals surface area contributed by atoms with Gasteiger partial charge in [0.2, 0.25) is 0 Å². The Balaban J connectivity index is 1.92. The summed E-state index contributed by atoms with van der Waals surface area (Å²) in [4.78, 5) is 0. The number of hydrogen-bond acceptors (Lipinski definition) is 3. The summed E-state index contributed by atoms with van der Waals surface area (Å²) < 4.78 is 10.9. The van der Waals surface area contributed by atoms with Crippen molar-refractivity contribution in [3.63, 3.8) is 0 Å². The quantitative estimate of drug-likeness (QED) is 0.878. The zero-order valence-electron chi connectivity index (χ0n) is 12.6. The van der Waals surface area contributed by atoms with Crippen molar-refractivity contribution in [3.05, 3.63) is 48.0 Å². The number of benzene rings is 2. The summed E-state index contributed by atoms with van der Waals surface area (Å²) in [5.41, 5.74) is 3.45. The minimum atomic E-state index is 0.685. The van der Waals surface area contributed by atoms with Gasteiger partial charge in [0.15, 0.2) is 0 Å². The highest BCUT2D eigenvalue weighted by molar-refractivity contribution is 5.71. The fourth-order valence-corrected chi connectivity index (χ4v) is 2.51. The van der Waals surface area contributed by atoms with Gasteiger partial charge in [0.25, 0.3) is 0 Å². The molecular weight excluding hydrogens is 262 g/mol. The third-order valence-electron chi connectivity index (χ3n) is 3.86. The standard InChI is InChI=1S/C18H21NO2/c1-20-17-10-7-13(11-14(17)12-19-15-8-9-15)16-5-3-4-6-18(16)21-2/h3-7,10-11,15,19H,8-9,12H2,1-2H3. The van der Waals surface area contributed by atoms with Crippen molar-refractivity contribution < 1.29 is 9.47 Å². The van der Waals surface area contributed by atoms with E-state index in [9.17, 15) is 0 Å². The summed E-state index contributed by atoms with van der Waals surface area (Å²) in [5.74, 6) is 1.82. The van der Waals surface area contributed by atoms with Crippen LogP contribution in [0.1, 0.15) is 18.4 Å². The van der Waals surface area contributed by atoms with Crippen molar-refractivity contribution in [1.29, 1.82) is 0 Å². The summed E-state index contributed by atoms with van der Waals surface area (Å²) in [6.45, 7) is 0.844. The number of nitrogens with one attached hydrogen (secondary N) is 1. The third kappa shape index (κ3) is 3.19. The van der Waals surface area contributed by atoms with Crippen LogP contribution in [-0.2, 0) is 6.54 Å². The highest BCUT2D eigenvalue weighted by Gasteiger charge is 2.20. The van der Waals surface area contributed by atoms with Crippen molar-refractivity contribution in [2.75, 3.05) is 14.2 Å². The fraction of sp³-hybridized carbons (Fsp3) is 0.333. The van der Waals surface area contributed by atoms with Gasteiger partial charge in [0, 0.05) is 23.7 Å². The van der Waals surface area contributed by atoms with Crippen molar-refractivity contribution in [2.45, 2.75) is 25.4 Å². The summed E-state index contributed by atoms with van der Waals surface area (Å²) in [7, 11) is 3.43. The maximum Gasteiger partial charge on any atom is 0.126 e. The van der Waals surface area contributed by atoms with Gasteiger partial charge >= 0.3 is 0 Å². The lowest BCUT2D eigenvalue weighted by atomic mass is 10.0. The summed E-state index contributed by atoms with van der Waals surface area (Å²) in [5, 5.41) is 3.54. The van der Waals surface area contributed by atoms with Crippen LogP contribution in [0.5, 0.6) is 11.5 Å². The largest absolute Gasteiger partial charge is 0.496 e. The van der Waals surface area contributed by atoms with Crippen molar-refractivity contribution in [3.8, 4) is 22.6 Å². The highest BCUT2D eigenvalue weighted by atomic mass is 16.5. The molecule has 21 heavy (non-hydrogen) atoms. The molecule has 0 atom stereocenters. The minimum Gasteiger partial charge on any atom is -0.496 e. The van der Waals surface area contributed by atoms with Crippen LogP contribution >= 0.6 is 0 Å². The molecule has 1 aliphatic carbocycles. The average Bonchev–Trinajstić information content (AvgIpc) is 3.37. The van der Waals surface area contributed by atoms with Gasteiger partial charge in [-0.1, -0.05) is 24.3 Å². The molecule has 0 amide bonds. The Kier molecular flexibility index (Phi) is 4.11. The second kappa shape index (κ2) is 6.19. The molecule has 1 aliphatic rings. The van der Waals surface area contributed by atoms with Gasteiger partial charge in [-0.15, -0.1) is 0 Å². The van der Waals surface area contributed by atoms with E-state index in [2.05, 4.69) is 23.5 Å². The van der Waals surface area contributed by atoms with E-state index in [-0.39, 0.29) is 0 Å². The second-order valence-electron chi connectivity index (χ2n) is 5.38. The molecule has 3 nitrogen and oxygen atoms in total. The minimum absolute atomic E-state index is 0.685. The lowest BCUT2D eigenvalue weighted by Crippen LogP contribution is -2.15. The first-order chi connectivity index (χ1) is 10.3. The number of para-hydroxylation sites is 1. The molecule has 0 unspecified atom stereocenters. The molecule has 0 bridgehead atoms. The molecule has 110 valence electrons. The van der Waals surface area contributed by atoms with E-state index in [1.165, 1.54) is 18.4 Å². The molecule has 2 aromatic rings.